The minimum absolute atomic E-state index is 0.0529. The largest absolute Gasteiger partial charge is 0.467 e. The summed E-state index contributed by atoms with van der Waals surface area (Å²) < 4.78 is 5.01. The number of fused-ring (bicyclic) bond motifs is 1. The molecule has 0 fully saturated rings. The van der Waals surface area contributed by atoms with Gasteiger partial charge in [0.1, 0.15) is 6.04 Å². The number of ether oxygens (including phenoxy) is 1. The van der Waals surface area contributed by atoms with Gasteiger partial charge in [-0.05, 0) is 44.2 Å². The summed E-state index contributed by atoms with van der Waals surface area (Å²) in [6, 6.07) is 8.20. The van der Waals surface area contributed by atoms with E-state index in [1.807, 2.05) is 13.0 Å². The van der Waals surface area contributed by atoms with Gasteiger partial charge >= 0.3 is 5.97 Å². The number of carbonyl (C=O) groups excluding carboxylic acids is 1. The molecule has 1 aliphatic rings. The summed E-state index contributed by atoms with van der Waals surface area (Å²) in [4.78, 5) is 14.4. The summed E-state index contributed by atoms with van der Waals surface area (Å²) in [5.74, 6) is 0.359. The molecular weight excluding hydrogens is 250 g/mol. The molecule has 2 atom stereocenters. The lowest BCUT2D eigenvalue weighted by molar-refractivity contribution is -0.142. The van der Waals surface area contributed by atoms with E-state index in [1.165, 1.54) is 18.4 Å². The molecule has 0 aliphatic carbocycles. The maximum atomic E-state index is 12.2. The molecule has 0 radical (unpaired) electrons. The molecule has 0 spiro atoms. The van der Waals surface area contributed by atoms with Crippen LogP contribution in [-0.4, -0.2) is 24.7 Å². The fourth-order valence-corrected chi connectivity index (χ4v) is 3.59. The molecule has 3 heteroatoms. The van der Waals surface area contributed by atoms with E-state index in [0.717, 1.165) is 12.8 Å². The third-order valence-electron chi connectivity index (χ3n) is 4.36. The second-order valence-corrected chi connectivity index (χ2v) is 6.29. The Balaban J connectivity index is 2.53. The number of benzene rings is 1. The lowest BCUT2D eigenvalue weighted by atomic mass is 9.79. The van der Waals surface area contributed by atoms with Crippen molar-refractivity contribution in [3.8, 4) is 0 Å². The molecule has 1 heterocycles. The van der Waals surface area contributed by atoms with Gasteiger partial charge in [-0.3, -0.25) is 0 Å². The Kier molecular flexibility index (Phi) is 4.07. The predicted molar refractivity (Wildman–Crippen MR) is 82.1 cm³/mol. The molecule has 0 saturated heterocycles. The third kappa shape index (κ3) is 2.41. The Bertz CT molecular complexity index is 496. The van der Waals surface area contributed by atoms with Crippen LogP contribution in [0.5, 0.6) is 0 Å². The molecule has 20 heavy (non-hydrogen) atoms. The number of esters is 1. The fraction of sp³-hybridized carbons (Fsp3) is 0.588. The van der Waals surface area contributed by atoms with Crippen molar-refractivity contribution in [2.45, 2.75) is 58.0 Å². The van der Waals surface area contributed by atoms with Crippen molar-refractivity contribution in [2.24, 2.45) is 0 Å². The second kappa shape index (κ2) is 5.47. The molecular formula is C17H25NO2. The van der Waals surface area contributed by atoms with Crippen LogP contribution in [0.25, 0.3) is 0 Å². The maximum absolute atomic E-state index is 12.2. The number of nitrogens with zero attached hydrogens (tertiary/aromatic N) is 1. The Hall–Kier alpha value is -1.51. The second-order valence-electron chi connectivity index (χ2n) is 6.29. The molecule has 0 N–H and O–H groups in total. The highest BCUT2D eigenvalue weighted by molar-refractivity contribution is 5.81. The highest BCUT2D eigenvalue weighted by Gasteiger charge is 2.41. The van der Waals surface area contributed by atoms with E-state index >= 15 is 0 Å². The van der Waals surface area contributed by atoms with Gasteiger partial charge in [-0.25, -0.2) is 4.79 Å². The van der Waals surface area contributed by atoms with E-state index in [-0.39, 0.29) is 17.6 Å². The van der Waals surface area contributed by atoms with Crippen LogP contribution in [0, 0.1) is 0 Å². The van der Waals surface area contributed by atoms with Crippen LogP contribution in [0.2, 0.25) is 0 Å². The first-order chi connectivity index (χ1) is 9.42. The average molecular weight is 275 g/mol. The minimum atomic E-state index is -0.219. The molecule has 0 amide bonds. The van der Waals surface area contributed by atoms with Gasteiger partial charge in [-0.1, -0.05) is 32.0 Å². The Labute approximate surface area is 121 Å². The highest BCUT2D eigenvalue weighted by Crippen LogP contribution is 2.44. The molecule has 1 aliphatic heterocycles. The van der Waals surface area contributed by atoms with Crippen LogP contribution in [0.15, 0.2) is 24.3 Å². The molecule has 3 nitrogen and oxygen atoms in total. The van der Waals surface area contributed by atoms with Crippen LogP contribution >= 0.6 is 0 Å². The van der Waals surface area contributed by atoms with Gasteiger partial charge < -0.3 is 9.64 Å². The molecule has 0 saturated carbocycles. The normalized spacial score (nSPS) is 22.1. The first kappa shape index (κ1) is 14.9. The predicted octanol–water partition coefficient (Wildman–Crippen LogP) is 3.73. The molecule has 1 aromatic carbocycles. The van der Waals surface area contributed by atoms with Crippen molar-refractivity contribution in [1.29, 1.82) is 0 Å². The molecule has 0 aromatic heterocycles. The average Bonchev–Trinajstić information content (AvgIpc) is 2.42. The Morgan fingerprint density at radius 1 is 1.45 bits per heavy atom. The van der Waals surface area contributed by atoms with Gasteiger partial charge in [0.25, 0.3) is 0 Å². The first-order valence-electron chi connectivity index (χ1n) is 7.38. The van der Waals surface area contributed by atoms with Crippen LogP contribution in [0.3, 0.4) is 0 Å². The van der Waals surface area contributed by atoms with Gasteiger partial charge in [0, 0.05) is 11.2 Å². The summed E-state index contributed by atoms with van der Waals surface area (Å²) >= 11 is 0. The summed E-state index contributed by atoms with van der Waals surface area (Å²) in [5.41, 5.74) is 2.45. The standard InChI is InChI=1S/C17H25NO2/c1-6-14(16(19)20-5)18-15-10-8-7-9-13(15)12(2)11-17(18,3)4/h7-10,12,14H,6,11H2,1-5H3/t12-,14-/m0/s1. The monoisotopic (exact) mass is 275 g/mol. The van der Waals surface area contributed by atoms with Gasteiger partial charge in [0.2, 0.25) is 0 Å². The minimum Gasteiger partial charge on any atom is -0.467 e. The summed E-state index contributed by atoms with van der Waals surface area (Å²) in [5, 5.41) is 0. The number of anilines is 1. The number of methoxy groups -OCH3 is 1. The highest BCUT2D eigenvalue weighted by atomic mass is 16.5. The molecule has 1 aromatic rings. The molecule has 110 valence electrons. The van der Waals surface area contributed by atoms with Crippen molar-refractivity contribution in [1.82, 2.24) is 0 Å². The van der Waals surface area contributed by atoms with Gasteiger partial charge in [-0.15, -0.1) is 0 Å². The van der Waals surface area contributed by atoms with Crippen LogP contribution < -0.4 is 4.90 Å². The van der Waals surface area contributed by atoms with Gasteiger partial charge in [-0.2, -0.15) is 0 Å². The van der Waals surface area contributed by atoms with E-state index in [1.54, 1.807) is 0 Å². The zero-order chi connectivity index (χ0) is 14.9. The van der Waals surface area contributed by atoms with Crippen LogP contribution in [0.4, 0.5) is 5.69 Å². The maximum Gasteiger partial charge on any atom is 0.328 e. The lowest BCUT2D eigenvalue weighted by Gasteiger charge is -2.50. The van der Waals surface area contributed by atoms with Crippen molar-refractivity contribution >= 4 is 11.7 Å². The number of rotatable bonds is 3. The number of hydrogen-bond donors (Lipinski definition) is 0. The van der Waals surface area contributed by atoms with Crippen molar-refractivity contribution in [2.75, 3.05) is 12.0 Å². The third-order valence-corrected chi connectivity index (χ3v) is 4.36. The number of para-hydroxylation sites is 1. The number of carbonyl (C=O) groups is 1. The van der Waals surface area contributed by atoms with E-state index in [2.05, 4.69) is 43.9 Å². The quantitative estimate of drug-likeness (QED) is 0.787. The number of hydrogen-bond acceptors (Lipinski definition) is 3. The fourth-order valence-electron chi connectivity index (χ4n) is 3.59. The van der Waals surface area contributed by atoms with Crippen LogP contribution in [0.1, 0.15) is 52.0 Å². The Morgan fingerprint density at radius 2 is 2.10 bits per heavy atom. The van der Waals surface area contributed by atoms with Gasteiger partial charge in [0.15, 0.2) is 0 Å². The van der Waals surface area contributed by atoms with E-state index < -0.39 is 0 Å². The van der Waals surface area contributed by atoms with E-state index in [4.69, 9.17) is 4.74 Å². The zero-order valence-electron chi connectivity index (χ0n) is 13.1. The van der Waals surface area contributed by atoms with Crippen molar-refractivity contribution in [3.63, 3.8) is 0 Å². The topological polar surface area (TPSA) is 29.5 Å². The van der Waals surface area contributed by atoms with Crippen molar-refractivity contribution < 1.29 is 9.53 Å². The molecule has 2 rings (SSSR count). The SMILES string of the molecule is CC[C@@H](C(=O)OC)N1c2ccccc2[C@@H](C)CC1(C)C. The lowest BCUT2D eigenvalue weighted by Crippen LogP contribution is -2.56. The van der Waals surface area contributed by atoms with Crippen LogP contribution in [-0.2, 0) is 9.53 Å². The van der Waals surface area contributed by atoms with E-state index in [9.17, 15) is 4.79 Å². The van der Waals surface area contributed by atoms with Crippen molar-refractivity contribution in [3.05, 3.63) is 29.8 Å². The van der Waals surface area contributed by atoms with E-state index in [0.29, 0.717) is 5.92 Å². The summed E-state index contributed by atoms with van der Waals surface area (Å²) in [6.07, 6.45) is 1.79. The van der Waals surface area contributed by atoms with Gasteiger partial charge in [0.05, 0.1) is 7.11 Å². The smallest absolute Gasteiger partial charge is 0.328 e. The summed E-state index contributed by atoms with van der Waals surface area (Å²) in [6.45, 7) is 8.73. The first-order valence-corrected chi connectivity index (χ1v) is 7.38. The zero-order valence-corrected chi connectivity index (χ0v) is 13.1. The summed E-state index contributed by atoms with van der Waals surface area (Å²) in [7, 11) is 1.47. The Morgan fingerprint density at radius 3 is 2.70 bits per heavy atom. The molecule has 0 bridgehead atoms. The molecule has 0 unspecified atom stereocenters.